The molecule has 2 rings (SSSR count). The van der Waals surface area contributed by atoms with Crippen molar-refractivity contribution in [2.24, 2.45) is 0 Å². The van der Waals surface area contributed by atoms with Gasteiger partial charge in [-0.2, -0.15) is 0 Å². The minimum atomic E-state index is -1.37. The number of carbonyl (C=O) groups excluding carboxylic acids is 1. The van der Waals surface area contributed by atoms with Gasteiger partial charge in [-0.05, 0) is 37.3 Å². The summed E-state index contributed by atoms with van der Waals surface area (Å²) in [6.45, 7) is 1.89. The molecule has 0 aromatic heterocycles. The van der Waals surface area contributed by atoms with Crippen molar-refractivity contribution in [3.05, 3.63) is 64.7 Å². The van der Waals surface area contributed by atoms with E-state index in [0.717, 1.165) is 17.7 Å². The average molecular weight is 299 g/mol. The molecule has 112 valence electrons. The molecule has 0 spiro atoms. The number of benzene rings is 2. The summed E-state index contributed by atoms with van der Waals surface area (Å²) < 4.78 is 0. The van der Waals surface area contributed by atoms with Gasteiger partial charge in [-0.1, -0.05) is 17.7 Å². The Kier molecular flexibility index (Phi) is 4.22. The van der Waals surface area contributed by atoms with Crippen LogP contribution in [0.1, 0.15) is 36.6 Å². The van der Waals surface area contributed by atoms with Gasteiger partial charge in [0, 0.05) is 11.3 Å². The Hall–Kier alpha value is -3.15. The Bertz CT molecular complexity index is 750. The fourth-order valence-electron chi connectivity index (χ4n) is 1.89. The highest BCUT2D eigenvalue weighted by atomic mass is 16.4. The van der Waals surface area contributed by atoms with Crippen molar-refractivity contribution in [1.82, 2.24) is 0 Å². The number of hydrogen-bond acceptors (Lipinski definition) is 3. The first-order chi connectivity index (χ1) is 10.4. The number of rotatable bonds is 4. The van der Waals surface area contributed by atoms with E-state index in [1.54, 1.807) is 24.3 Å². The van der Waals surface area contributed by atoms with Crippen LogP contribution in [-0.2, 0) is 0 Å². The summed E-state index contributed by atoms with van der Waals surface area (Å²) in [5.41, 5.74) is 0.934. The van der Waals surface area contributed by atoms with Gasteiger partial charge in [0.05, 0.1) is 11.1 Å². The molecule has 0 aliphatic heterocycles. The lowest BCUT2D eigenvalue weighted by molar-refractivity contribution is 0.0651. The van der Waals surface area contributed by atoms with E-state index in [4.69, 9.17) is 10.2 Å². The zero-order chi connectivity index (χ0) is 16.3. The summed E-state index contributed by atoms with van der Waals surface area (Å²) in [7, 11) is 0. The molecular formula is C16H13NO5. The van der Waals surface area contributed by atoms with E-state index in [-0.39, 0.29) is 16.8 Å². The van der Waals surface area contributed by atoms with Crippen LogP contribution < -0.4 is 5.32 Å². The highest BCUT2D eigenvalue weighted by Gasteiger charge is 2.17. The average Bonchev–Trinajstić information content (AvgIpc) is 2.47. The normalized spacial score (nSPS) is 10.0. The first-order valence-corrected chi connectivity index (χ1v) is 6.37. The van der Waals surface area contributed by atoms with Crippen LogP contribution in [0.3, 0.4) is 0 Å². The van der Waals surface area contributed by atoms with E-state index in [0.29, 0.717) is 5.56 Å². The number of anilines is 1. The lowest BCUT2D eigenvalue weighted by Crippen LogP contribution is -2.14. The molecule has 1 amide bonds. The number of hydrogen-bond donors (Lipinski definition) is 3. The molecule has 3 N–H and O–H groups in total. The van der Waals surface area contributed by atoms with Gasteiger partial charge in [0.25, 0.3) is 5.91 Å². The van der Waals surface area contributed by atoms with E-state index in [9.17, 15) is 14.4 Å². The summed E-state index contributed by atoms with van der Waals surface area (Å²) in [6.07, 6.45) is 0. The van der Waals surface area contributed by atoms with Crippen molar-refractivity contribution in [3.8, 4) is 0 Å². The highest BCUT2D eigenvalue weighted by molar-refractivity contribution is 6.06. The Morgan fingerprint density at radius 3 is 2.00 bits per heavy atom. The topological polar surface area (TPSA) is 104 Å². The van der Waals surface area contributed by atoms with Crippen LogP contribution >= 0.6 is 0 Å². The van der Waals surface area contributed by atoms with Crippen LogP contribution in [0.5, 0.6) is 0 Å². The van der Waals surface area contributed by atoms with Crippen molar-refractivity contribution in [2.45, 2.75) is 6.92 Å². The van der Waals surface area contributed by atoms with Crippen molar-refractivity contribution < 1.29 is 24.6 Å². The zero-order valence-corrected chi connectivity index (χ0v) is 11.7. The smallest absolute Gasteiger partial charge is 0.336 e. The van der Waals surface area contributed by atoms with E-state index >= 15 is 0 Å². The molecule has 0 bridgehead atoms. The molecule has 0 radical (unpaired) electrons. The SMILES string of the molecule is Cc1ccc(C(=O)Nc2ccc(C(=O)O)c(C(=O)O)c2)cc1. The molecule has 0 aliphatic carbocycles. The molecule has 2 aromatic carbocycles. The third-order valence-electron chi connectivity index (χ3n) is 3.05. The predicted octanol–water partition coefficient (Wildman–Crippen LogP) is 2.64. The van der Waals surface area contributed by atoms with Crippen LogP contribution in [0.25, 0.3) is 0 Å². The molecule has 0 aliphatic rings. The second kappa shape index (κ2) is 6.09. The number of aromatic carboxylic acids is 2. The third-order valence-corrected chi connectivity index (χ3v) is 3.05. The third kappa shape index (κ3) is 3.29. The molecule has 2 aromatic rings. The number of carbonyl (C=O) groups is 3. The first-order valence-electron chi connectivity index (χ1n) is 6.37. The highest BCUT2D eigenvalue weighted by Crippen LogP contribution is 2.17. The first kappa shape index (κ1) is 15.2. The number of amides is 1. The van der Waals surface area contributed by atoms with Gasteiger partial charge in [-0.15, -0.1) is 0 Å². The summed E-state index contributed by atoms with van der Waals surface area (Å²) >= 11 is 0. The zero-order valence-electron chi connectivity index (χ0n) is 11.7. The van der Waals surface area contributed by atoms with E-state index in [2.05, 4.69) is 5.32 Å². The van der Waals surface area contributed by atoms with Crippen molar-refractivity contribution in [2.75, 3.05) is 5.32 Å². The maximum atomic E-state index is 12.1. The summed E-state index contributed by atoms with van der Waals surface area (Å²) in [5.74, 6) is -3.11. The van der Waals surface area contributed by atoms with Gasteiger partial charge in [-0.3, -0.25) is 4.79 Å². The van der Waals surface area contributed by atoms with Crippen molar-refractivity contribution in [1.29, 1.82) is 0 Å². The van der Waals surface area contributed by atoms with Gasteiger partial charge in [-0.25, -0.2) is 9.59 Å². The van der Waals surface area contributed by atoms with Crippen LogP contribution in [0, 0.1) is 6.92 Å². The number of aryl methyl sites for hydroxylation is 1. The molecule has 0 saturated heterocycles. The standard InChI is InChI=1S/C16H13NO5/c1-9-2-4-10(5-3-9)14(18)17-11-6-7-12(15(19)20)13(8-11)16(21)22/h2-8H,1H3,(H,17,18)(H,19,20)(H,21,22). The van der Waals surface area contributed by atoms with Crippen LogP contribution in [0.2, 0.25) is 0 Å². The minimum Gasteiger partial charge on any atom is -0.478 e. The fraction of sp³-hybridized carbons (Fsp3) is 0.0625. The Morgan fingerprint density at radius 1 is 0.864 bits per heavy atom. The predicted molar refractivity (Wildman–Crippen MR) is 79.5 cm³/mol. The van der Waals surface area contributed by atoms with Crippen LogP contribution in [0.15, 0.2) is 42.5 Å². The summed E-state index contributed by atoms with van der Waals surface area (Å²) in [4.78, 5) is 34.1. The van der Waals surface area contributed by atoms with Crippen LogP contribution in [0.4, 0.5) is 5.69 Å². The number of carboxylic acids is 2. The Balaban J connectivity index is 2.28. The van der Waals surface area contributed by atoms with E-state index < -0.39 is 17.8 Å². The number of carboxylic acid groups (broad SMARTS) is 2. The molecule has 22 heavy (non-hydrogen) atoms. The van der Waals surface area contributed by atoms with Crippen molar-refractivity contribution >= 4 is 23.5 Å². The lowest BCUT2D eigenvalue weighted by Gasteiger charge is -2.08. The van der Waals surface area contributed by atoms with Gasteiger partial charge in [0.15, 0.2) is 0 Å². The summed E-state index contributed by atoms with van der Waals surface area (Å²) in [6, 6.07) is 10.5. The molecule has 0 heterocycles. The van der Waals surface area contributed by atoms with Crippen LogP contribution in [-0.4, -0.2) is 28.1 Å². The van der Waals surface area contributed by atoms with Crippen molar-refractivity contribution in [3.63, 3.8) is 0 Å². The molecule has 0 saturated carbocycles. The van der Waals surface area contributed by atoms with Gasteiger partial charge < -0.3 is 15.5 Å². The quantitative estimate of drug-likeness (QED) is 0.805. The van der Waals surface area contributed by atoms with E-state index in [1.165, 1.54) is 6.07 Å². The second-order valence-corrected chi connectivity index (χ2v) is 4.69. The van der Waals surface area contributed by atoms with Gasteiger partial charge in [0.2, 0.25) is 0 Å². The van der Waals surface area contributed by atoms with Gasteiger partial charge >= 0.3 is 11.9 Å². The molecular weight excluding hydrogens is 286 g/mol. The molecule has 0 atom stereocenters. The van der Waals surface area contributed by atoms with Gasteiger partial charge in [0.1, 0.15) is 0 Å². The maximum Gasteiger partial charge on any atom is 0.336 e. The Labute approximate surface area is 126 Å². The largest absolute Gasteiger partial charge is 0.478 e. The minimum absolute atomic E-state index is 0.216. The molecule has 0 fully saturated rings. The molecule has 0 unspecified atom stereocenters. The fourth-order valence-corrected chi connectivity index (χ4v) is 1.89. The monoisotopic (exact) mass is 299 g/mol. The maximum absolute atomic E-state index is 12.1. The number of nitrogens with one attached hydrogen (secondary N) is 1. The lowest BCUT2D eigenvalue weighted by atomic mass is 10.1. The van der Waals surface area contributed by atoms with E-state index in [1.807, 2.05) is 6.92 Å². The second-order valence-electron chi connectivity index (χ2n) is 4.69. The molecule has 6 heteroatoms. The molecule has 6 nitrogen and oxygen atoms in total. The summed E-state index contributed by atoms with van der Waals surface area (Å²) in [5, 5.41) is 20.5. The Morgan fingerprint density at radius 2 is 1.45 bits per heavy atom.